The lowest BCUT2D eigenvalue weighted by Gasteiger charge is -1.95. The molecular formula is C14H25. The van der Waals surface area contributed by atoms with Gasteiger partial charge in [0.25, 0.3) is 0 Å². The van der Waals surface area contributed by atoms with Crippen LogP contribution in [0.4, 0.5) is 0 Å². The van der Waals surface area contributed by atoms with Crippen LogP contribution >= 0.6 is 0 Å². The first-order valence-corrected chi connectivity index (χ1v) is 6.02. The molecule has 14 heavy (non-hydrogen) atoms. The van der Waals surface area contributed by atoms with E-state index >= 15 is 0 Å². The van der Waals surface area contributed by atoms with Gasteiger partial charge in [0.15, 0.2) is 0 Å². The van der Waals surface area contributed by atoms with E-state index in [4.69, 9.17) is 0 Å². The summed E-state index contributed by atoms with van der Waals surface area (Å²) in [5.74, 6) is 0. The number of hydrogen-bond donors (Lipinski definition) is 0. The average Bonchev–Trinajstić information content (AvgIpc) is 2.21. The van der Waals surface area contributed by atoms with Crippen molar-refractivity contribution in [3.63, 3.8) is 0 Å². The zero-order chi connectivity index (χ0) is 10.5. The molecule has 0 aromatic carbocycles. The van der Waals surface area contributed by atoms with Crippen LogP contribution in [-0.4, -0.2) is 0 Å². The molecule has 0 aliphatic rings. The van der Waals surface area contributed by atoms with E-state index in [0.717, 1.165) is 6.42 Å². The molecule has 0 heterocycles. The fraction of sp³-hybridized carbons (Fsp3) is 0.643. The standard InChI is InChI=1S/C14H25/c1-3-5-7-9-11-13-14-12-10-8-6-4-2/h8,10,12,14H,1,3-7,9,11,13H2,2H3. The summed E-state index contributed by atoms with van der Waals surface area (Å²) in [6.45, 7) is 6.04. The minimum atomic E-state index is 1.09. The molecule has 0 aromatic rings. The van der Waals surface area contributed by atoms with Crippen molar-refractivity contribution >= 4 is 0 Å². The highest BCUT2D eigenvalue weighted by molar-refractivity contribution is 5.02. The molecule has 0 atom stereocenters. The summed E-state index contributed by atoms with van der Waals surface area (Å²) < 4.78 is 0. The molecule has 0 amide bonds. The molecule has 0 saturated heterocycles. The van der Waals surface area contributed by atoms with Crippen LogP contribution in [0.2, 0.25) is 0 Å². The van der Waals surface area contributed by atoms with Crippen LogP contribution in [0.15, 0.2) is 24.3 Å². The Labute approximate surface area is 90.1 Å². The Balaban J connectivity index is 3.10. The van der Waals surface area contributed by atoms with Crippen molar-refractivity contribution in [1.82, 2.24) is 0 Å². The molecule has 0 unspecified atom stereocenters. The van der Waals surface area contributed by atoms with Gasteiger partial charge in [0, 0.05) is 0 Å². The van der Waals surface area contributed by atoms with E-state index in [1.807, 2.05) is 0 Å². The molecule has 0 bridgehead atoms. The van der Waals surface area contributed by atoms with Crippen LogP contribution < -0.4 is 0 Å². The normalized spacial score (nSPS) is 11.9. The van der Waals surface area contributed by atoms with Gasteiger partial charge in [-0.25, -0.2) is 0 Å². The van der Waals surface area contributed by atoms with E-state index in [-0.39, 0.29) is 0 Å². The third kappa shape index (κ3) is 11.5. The Morgan fingerprint density at radius 3 is 2.14 bits per heavy atom. The summed E-state index contributed by atoms with van der Waals surface area (Å²) in [4.78, 5) is 0. The Hall–Kier alpha value is -0.520. The smallest absolute Gasteiger partial charge is 0.0348 e. The molecule has 0 saturated carbocycles. The fourth-order valence-corrected chi connectivity index (χ4v) is 1.31. The third-order valence-corrected chi connectivity index (χ3v) is 2.21. The van der Waals surface area contributed by atoms with E-state index in [0.29, 0.717) is 0 Å². The summed E-state index contributed by atoms with van der Waals surface area (Å²) in [5, 5.41) is 0. The largest absolute Gasteiger partial charge is 0.0846 e. The summed E-state index contributed by atoms with van der Waals surface area (Å²) >= 11 is 0. The fourth-order valence-electron chi connectivity index (χ4n) is 1.31. The zero-order valence-electron chi connectivity index (χ0n) is 9.67. The van der Waals surface area contributed by atoms with Gasteiger partial charge in [-0.15, -0.1) is 0 Å². The third-order valence-electron chi connectivity index (χ3n) is 2.21. The number of rotatable bonds is 9. The van der Waals surface area contributed by atoms with Crippen LogP contribution in [0.5, 0.6) is 0 Å². The molecule has 0 aliphatic carbocycles. The van der Waals surface area contributed by atoms with Crippen molar-refractivity contribution in [2.45, 2.75) is 58.3 Å². The molecular weight excluding hydrogens is 168 g/mol. The highest BCUT2D eigenvalue weighted by Crippen LogP contribution is 2.05. The molecule has 81 valence electrons. The average molecular weight is 193 g/mol. The van der Waals surface area contributed by atoms with E-state index in [1.165, 1.54) is 44.9 Å². The number of unbranched alkanes of at least 4 members (excludes halogenated alkanes) is 6. The number of allylic oxidation sites excluding steroid dienone is 4. The van der Waals surface area contributed by atoms with Gasteiger partial charge >= 0.3 is 0 Å². The molecule has 0 heteroatoms. The quantitative estimate of drug-likeness (QED) is 0.354. The van der Waals surface area contributed by atoms with Gasteiger partial charge in [-0.2, -0.15) is 0 Å². The predicted molar refractivity (Wildman–Crippen MR) is 66.2 cm³/mol. The maximum Gasteiger partial charge on any atom is -0.0348 e. The molecule has 1 radical (unpaired) electrons. The monoisotopic (exact) mass is 193 g/mol. The first-order valence-electron chi connectivity index (χ1n) is 6.02. The molecule has 0 rings (SSSR count). The van der Waals surface area contributed by atoms with Gasteiger partial charge in [0.1, 0.15) is 0 Å². The Morgan fingerprint density at radius 2 is 1.50 bits per heavy atom. The van der Waals surface area contributed by atoms with Gasteiger partial charge in [-0.05, 0) is 19.3 Å². The van der Waals surface area contributed by atoms with Gasteiger partial charge in [-0.1, -0.05) is 70.3 Å². The highest BCUT2D eigenvalue weighted by Gasteiger charge is 1.85. The van der Waals surface area contributed by atoms with E-state index in [2.05, 4.69) is 38.2 Å². The van der Waals surface area contributed by atoms with Crippen LogP contribution in [0, 0.1) is 6.92 Å². The van der Waals surface area contributed by atoms with Crippen molar-refractivity contribution in [3.8, 4) is 0 Å². The lowest BCUT2D eigenvalue weighted by Crippen LogP contribution is -1.75. The lowest BCUT2D eigenvalue weighted by molar-refractivity contribution is 0.651. The first kappa shape index (κ1) is 13.5. The summed E-state index contributed by atoms with van der Waals surface area (Å²) in [7, 11) is 0. The van der Waals surface area contributed by atoms with Gasteiger partial charge < -0.3 is 0 Å². The van der Waals surface area contributed by atoms with Crippen molar-refractivity contribution in [2.75, 3.05) is 0 Å². The van der Waals surface area contributed by atoms with Crippen molar-refractivity contribution in [3.05, 3.63) is 31.2 Å². The molecule has 0 N–H and O–H groups in total. The lowest BCUT2D eigenvalue weighted by atomic mass is 10.1. The van der Waals surface area contributed by atoms with Crippen molar-refractivity contribution < 1.29 is 0 Å². The summed E-state index contributed by atoms with van der Waals surface area (Å²) in [6.07, 6.45) is 19.0. The maximum absolute atomic E-state index is 3.84. The van der Waals surface area contributed by atoms with Gasteiger partial charge in [0.05, 0.1) is 0 Å². The molecule has 0 fully saturated rings. The second kappa shape index (κ2) is 12.5. The van der Waals surface area contributed by atoms with Crippen LogP contribution in [0.3, 0.4) is 0 Å². The first-order chi connectivity index (χ1) is 6.91. The Morgan fingerprint density at radius 1 is 0.857 bits per heavy atom. The van der Waals surface area contributed by atoms with Crippen LogP contribution in [0.1, 0.15) is 58.3 Å². The Bertz CT molecular complexity index is 142. The van der Waals surface area contributed by atoms with E-state index in [9.17, 15) is 0 Å². The van der Waals surface area contributed by atoms with Crippen LogP contribution in [0.25, 0.3) is 0 Å². The topological polar surface area (TPSA) is 0 Å². The van der Waals surface area contributed by atoms with Crippen molar-refractivity contribution in [1.29, 1.82) is 0 Å². The zero-order valence-corrected chi connectivity index (χ0v) is 9.67. The summed E-state index contributed by atoms with van der Waals surface area (Å²) in [6, 6.07) is 0. The highest BCUT2D eigenvalue weighted by atomic mass is 13.9. The molecule has 0 aliphatic heterocycles. The number of hydrogen-bond acceptors (Lipinski definition) is 0. The van der Waals surface area contributed by atoms with Gasteiger partial charge in [-0.3, -0.25) is 0 Å². The minimum Gasteiger partial charge on any atom is -0.0846 e. The second-order valence-corrected chi connectivity index (χ2v) is 3.70. The molecule has 0 spiro atoms. The minimum absolute atomic E-state index is 1.09. The second-order valence-electron chi connectivity index (χ2n) is 3.70. The SMILES string of the molecule is [CH2]CCCCCCC=CC=CCCC. The molecule has 0 nitrogen and oxygen atoms in total. The summed E-state index contributed by atoms with van der Waals surface area (Å²) in [5.41, 5.74) is 0. The molecule has 0 aromatic heterocycles. The maximum atomic E-state index is 3.84. The van der Waals surface area contributed by atoms with Crippen molar-refractivity contribution in [2.24, 2.45) is 0 Å². The van der Waals surface area contributed by atoms with E-state index < -0.39 is 0 Å². The van der Waals surface area contributed by atoms with Crippen LogP contribution in [-0.2, 0) is 0 Å². The Kier molecular flexibility index (Phi) is 12.0. The van der Waals surface area contributed by atoms with E-state index in [1.54, 1.807) is 0 Å². The predicted octanol–water partition coefficient (Wildman–Crippen LogP) is 5.07. The van der Waals surface area contributed by atoms with Gasteiger partial charge in [0.2, 0.25) is 0 Å².